The van der Waals surface area contributed by atoms with E-state index in [9.17, 15) is 0 Å². The molecule has 0 saturated heterocycles. The van der Waals surface area contributed by atoms with Gasteiger partial charge < -0.3 is 0 Å². The van der Waals surface area contributed by atoms with Gasteiger partial charge in [0.15, 0.2) is 0 Å². The highest BCUT2D eigenvalue weighted by molar-refractivity contribution is 5.35. The lowest BCUT2D eigenvalue weighted by atomic mass is 10.2. The zero-order chi connectivity index (χ0) is 7.74. The van der Waals surface area contributed by atoms with Crippen LogP contribution in [-0.2, 0) is 0 Å². The first kappa shape index (κ1) is 4.38. The molecule has 3 aliphatic carbocycles. The van der Waals surface area contributed by atoms with E-state index in [1.807, 2.05) is 0 Å². The van der Waals surface area contributed by atoms with Gasteiger partial charge in [0, 0.05) is 7.79 Å². The third kappa shape index (κ3) is 0.318. The number of fused-ring (bicyclic) bond motifs is 1. The number of nitriles is 1. The van der Waals surface area contributed by atoms with Crippen LogP contribution in [0.5, 0.6) is 0 Å². The van der Waals surface area contributed by atoms with E-state index >= 15 is 0 Å². The van der Waals surface area contributed by atoms with Gasteiger partial charge in [-0.3, -0.25) is 0 Å². The van der Waals surface area contributed by atoms with E-state index in [4.69, 9.17) is 6.63 Å². The van der Waals surface area contributed by atoms with Gasteiger partial charge in [-0.1, -0.05) is 0 Å². The van der Waals surface area contributed by atoms with Gasteiger partial charge in [0.2, 0.25) is 0 Å². The van der Waals surface area contributed by atoms with E-state index in [1.54, 1.807) is 0 Å². The van der Waals surface area contributed by atoms with Gasteiger partial charge in [0.25, 0.3) is 0 Å². The Hall–Kier alpha value is -0.510. The van der Waals surface area contributed by atoms with Crippen molar-refractivity contribution in [1.82, 2.24) is 0 Å². The highest BCUT2D eigenvalue weighted by Crippen LogP contribution is 2.93. The maximum absolute atomic E-state index is 8.59. The molecule has 0 aromatic carbocycles. The van der Waals surface area contributed by atoms with Gasteiger partial charge in [0.1, 0.15) is 0 Å². The summed E-state index contributed by atoms with van der Waals surface area (Å²) in [6, 6.07) is 2.17. The monoisotopic (exact) mass is 134 g/mol. The molecule has 0 aromatic heterocycles. The number of hydrogen-bond donors (Lipinski definition) is 0. The minimum Gasteiger partial charge on any atom is -0.198 e. The molecule has 0 atom stereocenters. The first-order chi connectivity index (χ1) is 5.22. The largest absolute Gasteiger partial charge is 0.198 e. The topological polar surface area (TPSA) is 23.8 Å². The molecule has 2 spiro atoms. The molecule has 0 bridgehead atoms. The van der Waals surface area contributed by atoms with Crippen LogP contribution in [0.1, 0.15) is 33.5 Å². The molecule has 0 aliphatic heterocycles. The summed E-state index contributed by atoms with van der Waals surface area (Å²) < 4.78 is 8.15. The second kappa shape index (κ2) is 1.13. The Morgan fingerprint density at radius 1 is 1.40 bits per heavy atom. The van der Waals surface area contributed by atoms with Crippen LogP contribution < -0.4 is 0 Å². The molecule has 0 unspecified atom stereocenters. The van der Waals surface area contributed by atoms with Crippen LogP contribution in [-0.4, -0.2) is 0 Å². The van der Waals surface area contributed by atoms with Gasteiger partial charge in [-0.05, 0) is 42.4 Å². The summed E-state index contributed by atoms with van der Waals surface area (Å²) in [5, 5.41) is 8.59. The van der Waals surface area contributed by atoms with Gasteiger partial charge in [-0.15, -0.1) is 0 Å². The zero-order valence-electron chi connectivity index (χ0n) is 6.98. The standard InChI is InChI=1S/C9H11N/c10-6-1-7-8(2-3-8)9(7)4-5-9/h7H,1-5H2/i7D. The van der Waals surface area contributed by atoms with Crippen molar-refractivity contribution >= 4 is 0 Å². The Labute approximate surface area is 62.4 Å². The lowest BCUT2D eigenvalue weighted by molar-refractivity contribution is 0.716. The Kier molecular flexibility index (Phi) is 0.497. The number of rotatable bonds is 1. The molecule has 0 heterocycles. The van der Waals surface area contributed by atoms with Crippen LogP contribution in [0.2, 0.25) is 0 Å². The lowest BCUT2D eigenvalue weighted by Gasteiger charge is -1.80. The fraction of sp³-hybridized carbons (Fsp3) is 0.889. The van der Waals surface area contributed by atoms with Crippen molar-refractivity contribution in [3.8, 4) is 6.07 Å². The maximum Gasteiger partial charge on any atom is 0.0625 e. The predicted molar refractivity (Wildman–Crippen MR) is 37.1 cm³/mol. The highest BCUT2D eigenvalue weighted by Gasteiger charge is 2.85. The quantitative estimate of drug-likeness (QED) is 0.538. The predicted octanol–water partition coefficient (Wildman–Crippen LogP) is 2.09. The molecule has 1 nitrogen and oxygen atoms in total. The van der Waals surface area contributed by atoms with E-state index in [-0.39, 0.29) is 5.89 Å². The Bertz CT molecular complexity index is 250. The van der Waals surface area contributed by atoms with Crippen molar-refractivity contribution in [2.24, 2.45) is 16.7 Å². The first-order valence-corrected chi connectivity index (χ1v) is 4.09. The molecule has 0 radical (unpaired) electrons. The van der Waals surface area contributed by atoms with Crippen molar-refractivity contribution in [2.75, 3.05) is 0 Å². The SMILES string of the molecule is [2H]C1(CC#N)C2(CC2)C12CC2. The number of hydrogen-bond acceptors (Lipinski definition) is 1. The average molecular weight is 134 g/mol. The maximum atomic E-state index is 8.59. The van der Waals surface area contributed by atoms with E-state index < -0.39 is 0 Å². The van der Waals surface area contributed by atoms with Crippen LogP contribution >= 0.6 is 0 Å². The van der Waals surface area contributed by atoms with Crippen LogP contribution in [0.25, 0.3) is 0 Å². The second-order valence-corrected chi connectivity index (χ2v) is 3.98. The van der Waals surface area contributed by atoms with E-state index in [0.29, 0.717) is 17.3 Å². The van der Waals surface area contributed by atoms with Crippen molar-refractivity contribution in [2.45, 2.75) is 32.1 Å². The molecule has 1 heteroatoms. The number of nitrogens with zero attached hydrogens (tertiary/aromatic N) is 1. The molecule has 3 rings (SSSR count). The summed E-state index contributed by atoms with van der Waals surface area (Å²) >= 11 is 0. The van der Waals surface area contributed by atoms with Gasteiger partial charge in [0.05, 0.1) is 6.07 Å². The molecule has 0 N–H and O–H groups in total. The second-order valence-electron chi connectivity index (χ2n) is 3.98. The summed E-state index contributed by atoms with van der Waals surface area (Å²) in [6.45, 7) is 0. The van der Waals surface area contributed by atoms with Crippen molar-refractivity contribution in [1.29, 1.82) is 5.26 Å². The summed E-state index contributed by atoms with van der Waals surface area (Å²) in [7, 11) is 0. The van der Waals surface area contributed by atoms with Crippen LogP contribution in [0.3, 0.4) is 0 Å². The fourth-order valence-corrected chi connectivity index (χ4v) is 2.95. The first-order valence-electron chi connectivity index (χ1n) is 4.59. The zero-order valence-corrected chi connectivity index (χ0v) is 5.98. The normalized spacial score (nSPS) is 50.1. The van der Waals surface area contributed by atoms with Crippen molar-refractivity contribution in [3.63, 3.8) is 0 Å². The smallest absolute Gasteiger partial charge is 0.0625 e. The van der Waals surface area contributed by atoms with Crippen LogP contribution in [0.4, 0.5) is 0 Å². The average Bonchev–Trinajstić information content (AvgIpc) is 2.83. The third-order valence-electron chi connectivity index (χ3n) is 3.76. The third-order valence-corrected chi connectivity index (χ3v) is 3.76. The van der Waals surface area contributed by atoms with Gasteiger partial charge >= 0.3 is 0 Å². The molecular formula is C9H11N. The molecular weight excluding hydrogens is 122 g/mol. The Morgan fingerprint density at radius 2 is 1.90 bits per heavy atom. The van der Waals surface area contributed by atoms with Crippen LogP contribution in [0.15, 0.2) is 0 Å². The van der Waals surface area contributed by atoms with Gasteiger partial charge in [-0.2, -0.15) is 5.26 Å². The van der Waals surface area contributed by atoms with Crippen molar-refractivity contribution in [3.05, 3.63) is 0 Å². The van der Waals surface area contributed by atoms with Gasteiger partial charge in [-0.25, -0.2) is 0 Å². The van der Waals surface area contributed by atoms with Crippen LogP contribution in [0, 0.1) is 28.1 Å². The Balaban J connectivity index is 1.97. The molecule has 10 heavy (non-hydrogen) atoms. The molecule has 52 valence electrons. The summed E-state index contributed by atoms with van der Waals surface area (Å²) in [5.74, 6) is -0.297. The highest BCUT2D eigenvalue weighted by atomic mass is 14.9. The molecule has 3 aliphatic rings. The fourth-order valence-electron chi connectivity index (χ4n) is 2.95. The minimum absolute atomic E-state index is 0.297. The summed E-state index contributed by atoms with van der Waals surface area (Å²) in [5.41, 5.74) is 0.714. The summed E-state index contributed by atoms with van der Waals surface area (Å²) in [6.07, 6.45) is 5.42. The van der Waals surface area contributed by atoms with E-state index in [1.165, 1.54) is 25.7 Å². The lowest BCUT2D eigenvalue weighted by Crippen LogP contribution is -1.76. The molecule has 3 saturated carbocycles. The Morgan fingerprint density at radius 3 is 2.20 bits per heavy atom. The minimum atomic E-state index is -0.297. The van der Waals surface area contributed by atoms with E-state index in [0.717, 1.165) is 0 Å². The summed E-state index contributed by atoms with van der Waals surface area (Å²) in [4.78, 5) is 0. The molecule has 0 amide bonds. The molecule has 3 fully saturated rings. The molecule has 0 aromatic rings. The van der Waals surface area contributed by atoms with E-state index in [2.05, 4.69) is 6.07 Å². The van der Waals surface area contributed by atoms with Crippen molar-refractivity contribution < 1.29 is 1.37 Å².